The Kier molecular flexibility index (Phi) is 3.47. The normalized spacial score (nSPS) is 16.2. The van der Waals surface area contributed by atoms with E-state index in [9.17, 15) is 0 Å². The van der Waals surface area contributed by atoms with Crippen molar-refractivity contribution < 1.29 is 0 Å². The van der Waals surface area contributed by atoms with Crippen molar-refractivity contribution >= 4 is 5.71 Å². The van der Waals surface area contributed by atoms with E-state index in [1.807, 2.05) is 0 Å². The molecule has 0 radical (unpaired) electrons. The van der Waals surface area contributed by atoms with Crippen LogP contribution in [0, 0.1) is 11.3 Å². The zero-order valence-electron chi connectivity index (χ0n) is 8.85. The molecule has 1 nitrogen and oxygen atoms in total. The van der Waals surface area contributed by atoms with Crippen LogP contribution in [0.2, 0.25) is 0 Å². The smallest absolute Gasteiger partial charge is 0.0416 e. The van der Waals surface area contributed by atoms with Gasteiger partial charge in [-0.3, -0.25) is 0 Å². The standard InChI is InChI=1S/C12H19N/c1-4-5-6-11(9(2)3)12(13)10-7-8-10/h5-6,10,13H,4,7-8H2,1-3H3/b6-5-,13-12?. The highest BCUT2D eigenvalue weighted by atomic mass is 14.5. The maximum Gasteiger partial charge on any atom is 0.0416 e. The van der Waals surface area contributed by atoms with Crippen molar-refractivity contribution in [1.82, 2.24) is 0 Å². The molecule has 0 aliphatic heterocycles. The molecule has 0 aromatic rings. The van der Waals surface area contributed by atoms with Crippen LogP contribution < -0.4 is 0 Å². The molecule has 0 spiro atoms. The van der Waals surface area contributed by atoms with Gasteiger partial charge in [0.15, 0.2) is 0 Å². The minimum absolute atomic E-state index is 0.561. The monoisotopic (exact) mass is 177 g/mol. The lowest BCUT2D eigenvalue weighted by atomic mass is 10.0. The summed E-state index contributed by atoms with van der Waals surface area (Å²) in [7, 11) is 0. The third-order valence-electron chi connectivity index (χ3n) is 2.33. The van der Waals surface area contributed by atoms with E-state index in [0.717, 1.165) is 17.7 Å². The second-order valence-electron chi connectivity index (χ2n) is 3.91. The minimum Gasteiger partial charge on any atom is -0.304 e. The van der Waals surface area contributed by atoms with Crippen LogP contribution in [0.5, 0.6) is 0 Å². The molecule has 13 heavy (non-hydrogen) atoms. The van der Waals surface area contributed by atoms with Crippen LogP contribution in [-0.4, -0.2) is 5.71 Å². The molecular formula is C12H19N. The van der Waals surface area contributed by atoms with E-state index in [0.29, 0.717) is 5.92 Å². The molecular weight excluding hydrogens is 158 g/mol. The fraction of sp³-hybridized carbons (Fsp3) is 0.583. The molecule has 1 aliphatic rings. The van der Waals surface area contributed by atoms with Crippen LogP contribution in [0.15, 0.2) is 23.3 Å². The average Bonchev–Trinajstić information content (AvgIpc) is 2.86. The number of hydrogen-bond donors (Lipinski definition) is 1. The van der Waals surface area contributed by atoms with E-state index in [1.165, 1.54) is 18.4 Å². The third-order valence-corrected chi connectivity index (χ3v) is 2.33. The topological polar surface area (TPSA) is 23.9 Å². The Morgan fingerprint density at radius 1 is 1.38 bits per heavy atom. The second kappa shape index (κ2) is 4.40. The summed E-state index contributed by atoms with van der Waals surface area (Å²) in [4.78, 5) is 0. The van der Waals surface area contributed by atoms with E-state index in [-0.39, 0.29) is 0 Å². The van der Waals surface area contributed by atoms with Gasteiger partial charge < -0.3 is 5.41 Å². The molecule has 72 valence electrons. The van der Waals surface area contributed by atoms with E-state index in [2.05, 4.69) is 32.9 Å². The summed E-state index contributed by atoms with van der Waals surface area (Å²) in [5, 5.41) is 7.96. The summed E-state index contributed by atoms with van der Waals surface area (Å²) in [6.45, 7) is 6.30. The van der Waals surface area contributed by atoms with Crippen molar-refractivity contribution in [2.24, 2.45) is 5.92 Å². The number of rotatable bonds is 4. The van der Waals surface area contributed by atoms with Gasteiger partial charge in [-0.2, -0.15) is 0 Å². The average molecular weight is 177 g/mol. The number of hydrogen-bond acceptors (Lipinski definition) is 1. The number of nitrogens with one attached hydrogen (secondary N) is 1. The Morgan fingerprint density at radius 3 is 2.38 bits per heavy atom. The van der Waals surface area contributed by atoms with Crippen LogP contribution in [0.25, 0.3) is 0 Å². The van der Waals surface area contributed by atoms with Gasteiger partial charge in [0.1, 0.15) is 0 Å². The Balaban J connectivity index is 2.73. The molecule has 1 N–H and O–H groups in total. The van der Waals surface area contributed by atoms with Gasteiger partial charge in [0.05, 0.1) is 0 Å². The van der Waals surface area contributed by atoms with Gasteiger partial charge in [0, 0.05) is 11.6 Å². The summed E-state index contributed by atoms with van der Waals surface area (Å²) in [5.74, 6) is 0.561. The van der Waals surface area contributed by atoms with Crippen molar-refractivity contribution in [3.05, 3.63) is 23.3 Å². The zero-order valence-corrected chi connectivity index (χ0v) is 8.85. The van der Waals surface area contributed by atoms with Gasteiger partial charge in [-0.25, -0.2) is 0 Å². The van der Waals surface area contributed by atoms with Crippen LogP contribution in [0.3, 0.4) is 0 Å². The molecule has 0 aromatic carbocycles. The van der Waals surface area contributed by atoms with Gasteiger partial charge in [-0.15, -0.1) is 0 Å². The van der Waals surface area contributed by atoms with Crippen LogP contribution in [-0.2, 0) is 0 Å². The maximum atomic E-state index is 7.96. The molecule has 1 aliphatic carbocycles. The molecule has 1 rings (SSSR count). The lowest BCUT2D eigenvalue weighted by molar-refractivity contribution is 1.14. The minimum atomic E-state index is 0.561. The summed E-state index contributed by atoms with van der Waals surface area (Å²) in [6, 6.07) is 0. The largest absolute Gasteiger partial charge is 0.304 e. The first-order valence-electron chi connectivity index (χ1n) is 5.09. The predicted molar refractivity (Wildman–Crippen MR) is 58.3 cm³/mol. The predicted octanol–water partition coefficient (Wildman–Crippen LogP) is 3.72. The van der Waals surface area contributed by atoms with Crippen molar-refractivity contribution in [3.8, 4) is 0 Å². The van der Waals surface area contributed by atoms with E-state index in [4.69, 9.17) is 5.41 Å². The van der Waals surface area contributed by atoms with Gasteiger partial charge >= 0.3 is 0 Å². The summed E-state index contributed by atoms with van der Waals surface area (Å²) < 4.78 is 0. The SMILES string of the molecule is CC/C=C\C(C(=N)C1CC1)=C(C)C. The van der Waals surface area contributed by atoms with Crippen molar-refractivity contribution in [2.45, 2.75) is 40.0 Å². The third kappa shape index (κ3) is 2.83. The van der Waals surface area contributed by atoms with E-state index in [1.54, 1.807) is 0 Å². The highest BCUT2D eigenvalue weighted by Crippen LogP contribution is 2.33. The molecule has 0 saturated heterocycles. The Bertz CT molecular complexity index is 250. The van der Waals surface area contributed by atoms with Gasteiger partial charge in [-0.05, 0) is 38.7 Å². The van der Waals surface area contributed by atoms with Gasteiger partial charge in [0.25, 0.3) is 0 Å². The van der Waals surface area contributed by atoms with E-state index >= 15 is 0 Å². The first-order valence-corrected chi connectivity index (χ1v) is 5.09. The highest BCUT2D eigenvalue weighted by molar-refractivity contribution is 6.03. The fourth-order valence-electron chi connectivity index (χ4n) is 1.35. The maximum absolute atomic E-state index is 7.96. The first-order chi connectivity index (χ1) is 6.16. The molecule has 0 aromatic heterocycles. The Morgan fingerprint density at radius 2 is 2.00 bits per heavy atom. The fourth-order valence-corrected chi connectivity index (χ4v) is 1.35. The van der Waals surface area contributed by atoms with Crippen molar-refractivity contribution in [1.29, 1.82) is 5.41 Å². The van der Waals surface area contributed by atoms with E-state index < -0.39 is 0 Å². The summed E-state index contributed by atoms with van der Waals surface area (Å²) in [5.41, 5.74) is 3.27. The molecule has 0 atom stereocenters. The molecule has 0 amide bonds. The lowest BCUT2D eigenvalue weighted by Crippen LogP contribution is -2.03. The van der Waals surface area contributed by atoms with Crippen molar-refractivity contribution in [2.75, 3.05) is 0 Å². The van der Waals surface area contributed by atoms with Crippen LogP contribution in [0.1, 0.15) is 40.0 Å². The second-order valence-corrected chi connectivity index (χ2v) is 3.91. The highest BCUT2D eigenvalue weighted by Gasteiger charge is 2.27. The van der Waals surface area contributed by atoms with Gasteiger partial charge in [0.2, 0.25) is 0 Å². The molecule has 0 unspecified atom stereocenters. The van der Waals surface area contributed by atoms with Crippen molar-refractivity contribution in [3.63, 3.8) is 0 Å². The van der Waals surface area contributed by atoms with Crippen LogP contribution in [0.4, 0.5) is 0 Å². The molecule has 0 heterocycles. The quantitative estimate of drug-likeness (QED) is 0.500. The first kappa shape index (κ1) is 10.2. The Labute approximate surface area is 81.1 Å². The van der Waals surface area contributed by atoms with Crippen LogP contribution >= 0.6 is 0 Å². The molecule has 1 heteroatoms. The van der Waals surface area contributed by atoms with Gasteiger partial charge in [-0.1, -0.05) is 24.6 Å². The Hall–Kier alpha value is -0.850. The molecule has 0 bridgehead atoms. The summed E-state index contributed by atoms with van der Waals surface area (Å²) in [6.07, 6.45) is 7.73. The summed E-state index contributed by atoms with van der Waals surface area (Å²) >= 11 is 0. The lowest BCUT2D eigenvalue weighted by Gasteiger charge is -2.05. The number of allylic oxidation sites excluding steroid dienone is 4. The zero-order chi connectivity index (χ0) is 9.84. The molecule has 1 fully saturated rings. The molecule has 1 saturated carbocycles.